The van der Waals surface area contributed by atoms with Gasteiger partial charge in [-0.05, 0) is 17.7 Å². The maximum atomic E-state index is 12.9. The zero-order valence-corrected chi connectivity index (χ0v) is 13.1. The number of halogens is 1. The van der Waals surface area contributed by atoms with Gasteiger partial charge < -0.3 is 9.15 Å². The Labute approximate surface area is 128 Å². The van der Waals surface area contributed by atoms with E-state index in [1.54, 1.807) is 0 Å². The first kappa shape index (κ1) is 16.4. The predicted molar refractivity (Wildman–Crippen MR) is 79.4 cm³/mol. The molecule has 1 N–H and O–H groups in total. The van der Waals surface area contributed by atoms with Crippen LogP contribution in [0.4, 0.5) is 10.4 Å². The first-order valence-corrected chi connectivity index (χ1v) is 8.32. The maximum Gasteiger partial charge on any atom is 0.308 e. The van der Waals surface area contributed by atoms with Crippen molar-refractivity contribution in [2.75, 3.05) is 17.6 Å². The number of nitrogens with zero attached hydrogens (tertiary/aromatic N) is 1. The lowest BCUT2D eigenvalue weighted by atomic mass is 10.1. The molecule has 0 aliphatic carbocycles. The highest BCUT2D eigenvalue weighted by Crippen LogP contribution is 2.20. The van der Waals surface area contributed by atoms with Crippen molar-refractivity contribution in [3.8, 4) is 0 Å². The normalized spacial score (nSPS) is 13.0. The highest BCUT2D eigenvalue weighted by atomic mass is 32.2. The Morgan fingerprint density at radius 1 is 1.36 bits per heavy atom. The van der Waals surface area contributed by atoms with Gasteiger partial charge in [-0.2, -0.15) is 0 Å². The van der Waals surface area contributed by atoms with Gasteiger partial charge in [0, 0.05) is 13.5 Å². The molecule has 0 bridgehead atoms. The second kappa shape index (κ2) is 6.89. The quantitative estimate of drug-likeness (QED) is 0.844. The van der Waals surface area contributed by atoms with Crippen molar-refractivity contribution in [3.05, 3.63) is 47.6 Å². The number of hydrogen-bond donors (Lipinski definition) is 1. The first-order chi connectivity index (χ1) is 10.4. The summed E-state index contributed by atoms with van der Waals surface area (Å²) in [5.74, 6) is -0.148. The van der Waals surface area contributed by atoms with Gasteiger partial charge in [-0.3, -0.25) is 0 Å². The lowest BCUT2D eigenvalue weighted by Crippen LogP contribution is -2.23. The van der Waals surface area contributed by atoms with Gasteiger partial charge in [-0.1, -0.05) is 19.1 Å². The van der Waals surface area contributed by atoms with Gasteiger partial charge >= 0.3 is 6.01 Å². The topological polar surface area (TPSA) is 81.4 Å². The molecule has 0 saturated heterocycles. The SMILES string of the molecule is CCc1cnc(NS(=O)(=O)CC(OC)c2ccc(F)cc2)o1. The van der Waals surface area contributed by atoms with Gasteiger partial charge in [0.2, 0.25) is 10.0 Å². The number of benzene rings is 1. The molecule has 8 heteroatoms. The molecule has 1 atom stereocenters. The molecule has 1 aromatic heterocycles. The largest absolute Gasteiger partial charge is 0.428 e. The fourth-order valence-electron chi connectivity index (χ4n) is 1.87. The third-order valence-corrected chi connectivity index (χ3v) is 4.27. The van der Waals surface area contributed by atoms with Crippen LogP contribution in [0.3, 0.4) is 0 Å². The third-order valence-electron chi connectivity index (χ3n) is 3.04. The van der Waals surface area contributed by atoms with Crippen LogP contribution in [0.2, 0.25) is 0 Å². The van der Waals surface area contributed by atoms with E-state index in [1.807, 2.05) is 6.92 Å². The van der Waals surface area contributed by atoms with Crippen LogP contribution in [-0.4, -0.2) is 26.3 Å². The zero-order chi connectivity index (χ0) is 16.2. The van der Waals surface area contributed by atoms with Crippen LogP contribution in [0.1, 0.15) is 24.4 Å². The van der Waals surface area contributed by atoms with Gasteiger partial charge in [0.15, 0.2) is 0 Å². The van der Waals surface area contributed by atoms with E-state index in [0.717, 1.165) is 0 Å². The molecule has 0 aliphatic heterocycles. The fourth-order valence-corrected chi connectivity index (χ4v) is 3.04. The zero-order valence-electron chi connectivity index (χ0n) is 12.2. The minimum atomic E-state index is -3.72. The summed E-state index contributed by atoms with van der Waals surface area (Å²) in [4.78, 5) is 3.84. The Morgan fingerprint density at radius 2 is 2.05 bits per heavy atom. The van der Waals surface area contributed by atoms with Crippen molar-refractivity contribution in [2.24, 2.45) is 0 Å². The summed E-state index contributed by atoms with van der Waals surface area (Å²) < 4.78 is 49.9. The molecule has 2 aromatic rings. The second-order valence-corrected chi connectivity index (χ2v) is 6.41. The second-order valence-electron chi connectivity index (χ2n) is 4.64. The summed E-state index contributed by atoms with van der Waals surface area (Å²) in [5, 5.41) is 0. The number of oxazole rings is 1. The number of methoxy groups -OCH3 is 1. The average Bonchev–Trinajstić information content (AvgIpc) is 2.92. The van der Waals surface area contributed by atoms with Crippen LogP contribution in [-0.2, 0) is 21.2 Å². The molecular weight excluding hydrogens is 311 g/mol. The van der Waals surface area contributed by atoms with Gasteiger partial charge in [0.05, 0.1) is 18.1 Å². The number of anilines is 1. The summed E-state index contributed by atoms with van der Waals surface area (Å²) in [6.45, 7) is 1.87. The van der Waals surface area contributed by atoms with E-state index in [-0.39, 0.29) is 11.8 Å². The Morgan fingerprint density at radius 3 is 2.59 bits per heavy atom. The van der Waals surface area contributed by atoms with E-state index < -0.39 is 21.9 Å². The van der Waals surface area contributed by atoms with Gasteiger partial charge in [0.1, 0.15) is 11.6 Å². The van der Waals surface area contributed by atoms with Crippen LogP contribution >= 0.6 is 0 Å². The van der Waals surface area contributed by atoms with Crippen LogP contribution < -0.4 is 4.72 Å². The molecule has 0 aliphatic rings. The number of ether oxygens (including phenoxy) is 1. The monoisotopic (exact) mass is 328 g/mol. The van der Waals surface area contributed by atoms with E-state index in [1.165, 1.54) is 37.6 Å². The summed E-state index contributed by atoms with van der Waals surface area (Å²) in [7, 11) is -2.33. The van der Waals surface area contributed by atoms with E-state index in [9.17, 15) is 12.8 Å². The van der Waals surface area contributed by atoms with Crippen molar-refractivity contribution in [3.63, 3.8) is 0 Å². The van der Waals surface area contributed by atoms with Crippen molar-refractivity contribution >= 4 is 16.0 Å². The Kier molecular flexibility index (Phi) is 5.15. The fraction of sp³-hybridized carbons (Fsp3) is 0.357. The molecular formula is C14H17FN2O4S. The summed E-state index contributed by atoms with van der Waals surface area (Å²) >= 11 is 0. The molecule has 120 valence electrons. The van der Waals surface area contributed by atoms with Crippen molar-refractivity contribution in [1.82, 2.24) is 4.98 Å². The molecule has 0 saturated carbocycles. The number of nitrogens with one attached hydrogen (secondary N) is 1. The molecule has 1 heterocycles. The van der Waals surface area contributed by atoms with Gasteiger partial charge in [-0.25, -0.2) is 22.5 Å². The van der Waals surface area contributed by atoms with E-state index in [0.29, 0.717) is 17.7 Å². The number of sulfonamides is 1. The Bertz CT molecular complexity index is 713. The average molecular weight is 328 g/mol. The number of rotatable bonds is 7. The molecule has 1 unspecified atom stereocenters. The minimum Gasteiger partial charge on any atom is -0.428 e. The standard InChI is InChI=1S/C14H17FN2O4S/c1-3-12-8-16-14(21-12)17-22(18,19)9-13(20-2)10-4-6-11(15)7-5-10/h4-8,13H,3,9H2,1-2H3,(H,16,17). The molecule has 6 nitrogen and oxygen atoms in total. The lowest BCUT2D eigenvalue weighted by Gasteiger charge is -2.15. The maximum absolute atomic E-state index is 12.9. The van der Waals surface area contributed by atoms with Crippen LogP contribution in [0, 0.1) is 5.82 Å². The van der Waals surface area contributed by atoms with E-state index in [4.69, 9.17) is 9.15 Å². The molecule has 22 heavy (non-hydrogen) atoms. The van der Waals surface area contributed by atoms with Crippen molar-refractivity contribution in [2.45, 2.75) is 19.4 Å². The van der Waals surface area contributed by atoms with Crippen LogP contribution in [0.5, 0.6) is 0 Å². The Hall–Kier alpha value is -1.93. The molecule has 0 spiro atoms. The Balaban J connectivity index is 2.10. The molecule has 0 radical (unpaired) electrons. The van der Waals surface area contributed by atoms with Gasteiger partial charge in [0.25, 0.3) is 0 Å². The molecule has 0 amide bonds. The van der Waals surface area contributed by atoms with Crippen LogP contribution in [0.25, 0.3) is 0 Å². The predicted octanol–water partition coefficient (Wildman–Crippen LogP) is 2.51. The van der Waals surface area contributed by atoms with Crippen molar-refractivity contribution in [1.29, 1.82) is 0 Å². The number of aromatic nitrogens is 1. The van der Waals surface area contributed by atoms with Gasteiger partial charge in [-0.15, -0.1) is 0 Å². The third kappa shape index (κ3) is 4.28. The highest BCUT2D eigenvalue weighted by Gasteiger charge is 2.22. The molecule has 1 aromatic carbocycles. The summed E-state index contributed by atoms with van der Waals surface area (Å²) in [5.41, 5.74) is 0.566. The summed E-state index contributed by atoms with van der Waals surface area (Å²) in [6, 6.07) is 5.40. The number of hydrogen-bond acceptors (Lipinski definition) is 5. The smallest absolute Gasteiger partial charge is 0.308 e. The number of aryl methyl sites for hydroxylation is 1. The summed E-state index contributed by atoms with van der Waals surface area (Å²) in [6.07, 6.45) is 1.36. The van der Waals surface area contributed by atoms with E-state index in [2.05, 4.69) is 9.71 Å². The van der Waals surface area contributed by atoms with Crippen LogP contribution in [0.15, 0.2) is 34.9 Å². The van der Waals surface area contributed by atoms with E-state index >= 15 is 0 Å². The molecule has 2 rings (SSSR count). The minimum absolute atomic E-state index is 0.0780. The molecule has 0 fully saturated rings. The van der Waals surface area contributed by atoms with Crippen molar-refractivity contribution < 1.29 is 22.0 Å². The highest BCUT2D eigenvalue weighted by molar-refractivity contribution is 7.92. The first-order valence-electron chi connectivity index (χ1n) is 6.67. The lowest BCUT2D eigenvalue weighted by molar-refractivity contribution is 0.122.